The zero-order valence-electron chi connectivity index (χ0n) is 22.4. The van der Waals surface area contributed by atoms with Crippen LogP contribution in [0, 0.1) is 0 Å². The summed E-state index contributed by atoms with van der Waals surface area (Å²) in [5.74, 6) is 0.412. The molecule has 0 aliphatic rings. The highest BCUT2D eigenvalue weighted by Gasteiger charge is 2.31. The Morgan fingerprint density at radius 1 is 0.919 bits per heavy atom. The maximum Gasteiger partial charge on any atom is 0.266 e. The molecule has 0 aliphatic heterocycles. The van der Waals surface area contributed by atoms with Gasteiger partial charge in [-0.3, -0.25) is 14.2 Å². The largest absolute Gasteiger partial charge is 0.332 e. The number of rotatable bonds is 10. The highest BCUT2D eigenvalue weighted by atomic mass is 16.2. The molecule has 5 heteroatoms. The fourth-order valence-electron chi connectivity index (χ4n) is 4.96. The molecular formula is C32H37N3O2. The molecule has 1 aromatic heterocycles. The Labute approximate surface area is 219 Å². The molecule has 2 atom stereocenters. The predicted molar refractivity (Wildman–Crippen MR) is 151 cm³/mol. The topological polar surface area (TPSA) is 55.2 Å². The van der Waals surface area contributed by atoms with E-state index in [0.29, 0.717) is 29.7 Å². The van der Waals surface area contributed by atoms with E-state index in [1.807, 2.05) is 90.7 Å². The molecule has 0 bridgehead atoms. The molecule has 37 heavy (non-hydrogen) atoms. The number of unbranched alkanes of at least 4 members (excludes halogenated alkanes) is 1. The zero-order chi connectivity index (χ0) is 26.4. The number of carbonyl (C=O) groups is 1. The fraction of sp³-hybridized carbons (Fsp3) is 0.344. The molecule has 0 saturated heterocycles. The quantitative estimate of drug-likeness (QED) is 0.242. The van der Waals surface area contributed by atoms with Gasteiger partial charge in [-0.25, -0.2) is 4.98 Å². The van der Waals surface area contributed by atoms with Crippen LogP contribution in [-0.4, -0.2) is 26.9 Å². The van der Waals surface area contributed by atoms with E-state index in [9.17, 15) is 9.59 Å². The Morgan fingerprint density at radius 3 is 2.24 bits per heavy atom. The van der Waals surface area contributed by atoms with Crippen molar-refractivity contribution in [2.45, 2.75) is 65.3 Å². The van der Waals surface area contributed by atoms with Gasteiger partial charge in [0.1, 0.15) is 5.82 Å². The maximum absolute atomic E-state index is 14.1. The van der Waals surface area contributed by atoms with Crippen LogP contribution in [0.5, 0.6) is 0 Å². The summed E-state index contributed by atoms with van der Waals surface area (Å²) in [6.07, 6.45) is 3.47. The van der Waals surface area contributed by atoms with Crippen molar-refractivity contribution in [2.75, 3.05) is 6.54 Å². The highest BCUT2D eigenvalue weighted by Crippen LogP contribution is 2.29. The third kappa shape index (κ3) is 5.51. The van der Waals surface area contributed by atoms with Gasteiger partial charge in [-0.1, -0.05) is 81.8 Å². The third-order valence-electron chi connectivity index (χ3n) is 7.19. The molecule has 4 rings (SSSR count). The van der Waals surface area contributed by atoms with Gasteiger partial charge in [0.2, 0.25) is 5.91 Å². The SMILES string of the molecule is CCCCN(C(=O)C(CC)c1ccccc1)C(C)c1nc2ccccc2c(=O)n1-c1ccc(CC)cc1. The Morgan fingerprint density at radius 2 is 1.59 bits per heavy atom. The number of carbonyl (C=O) groups excluding carboxylic acids is 1. The summed E-state index contributed by atoms with van der Waals surface area (Å²) in [5, 5.41) is 0.570. The first-order chi connectivity index (χ1) is 18.0. The Bertz CT molecular complexity index is 1390. The molecule has 3 aromatic carbocycles. The molecule has 0 aliphatic carbocycles. The van der Waals surface area contributed by atoms with E-state index in [1.165, 1.54) is 5.56 Å². The maximum atomic E-state index is 14.1. The van der Waals surface area contributed by atoms with Gasteiger partial charge in [-0.05, 0) is 61.6 Å². The normalized spacial score (nSPS) is 12.9. The summed E-state index contributed by atoms with van der Waals surface area (Å²) < 4.78 is 1.70. The number of para-hydroxylation sites is 1. The first-order valence-corrected chi connectivity index (χ1v) is 13.5. The minimum atomic E-state index is -0.389. The van der Waals surface area contributed by atoms with Crippen LogP contribution < -0.4 is 5.56 Å². The number of fused-ring (bicyclic) bond motifs is 1. The number of hydrogen-bond acceptors (Lipinski definition) is 3. The van der Waals surface area contributed by atoms with Gasteiger partial charge >= 0.3 is 0 Å². The van der Waals surface area contributed by atoms with Crippen LogP contribution in [0.3, 0.4) is 0 Å². The Kier molecular flexibility index (Phi) is 8.54. The summed E-state index contributed by atoms with van der Waals surface area (Å²) in [5.41, 5.74) is 3.51. The van der Waals surface area contributed by atoms with Gasteiger partial charge in [-0.15, -0.1) is 0 Å². The molecule has 0 radical (unpaired) electrons. The molecule has 0 fully saturated rings. The van der Waals surface area contributed by atoms with Crippen molar-refractivity contribution in [3.8, 4) is 5.69 Å². The second kappa shape index (κ2) is 12.0. The fourth-order valence-corrected chi connectivity index (χ4v) is 4.96. The average molecular weight is 496 g/mol. The number of nitrogens with zero attached hydrogens (tertiary/aromatic N) is 3. The molecule has 1 heterocycles. The van der Waals surface area contributed by atoms with Crippen LogP contribution in [0.1, 0.15) is 75.9 Å². The summed E-state index contributed by atoms with van der Waals surface area (Å²) in [6.45, 7) is 8.90. The van der Waals surface area contributed by atoms with E-state index in [2.05, 4.69) is 20.8 Å². The highest BCUT2D eigenvalue weighted by molar-refractivity contribution is 5.84. The summed E-state index contributed by atoms with van der Waals surface area (Å²) in [4.78, 5) is 34.9. The van der Waals surface area contributed by atoms with Crippen molar-refractivity contribution in [3.05, 3.63) is 106 Å². The minimum Gasteiger partial charge on any atom is -0.332 e. The van der Waals surface area contributed by atoms with Crippen molar-refractivity contribution < 1.29 is 4.79 Å². The van der Waals surface area contributed by atoms with Crippen molar-refractivity contribution in [2.24, 2.45) is 0 Å². The predicted octanol–water partition coefficient (Wildman–Crippen LogP) is 6.83. The van der Waals surface area contributed by atoms with E-state index >= 15 is 0 Å². The lowest BCUT2D eigenvalue weighted by Crippen LogP contribution is -2.40. The summed E-state index contributed by atoms with van der Waals surface area (Å²) in [7, 11) is 0. The van der Waals surface area contributed by atoms with Crippen LogP contribution in [0.4, 0.5) is 0 Å². The van der Waals surface area contributed by atoms with Crippen molar-refractivity contribution in [3.63, 3.8) is 0 Å². The lowest BCUT2D eigenvalue weighted by atomic mass is 9.94. The van der Waals surface area contributed by atoms with Gasteiger partial charge < -0.3 is 4.90 Å². The standard InChI is InChI=1S/C32H37N3O2/c1-5-8-22-34(31(36)27(7-3)25-14-10-9-11-15-25)23(4)30-33-29-17-13-12-16-28(29)32(37)35(30)26-20-18-24(6-2)19-21-26/h9-21,23,27H,5-8,22H2,1-4H3. The van der Waals surface area contributed by atoms with Crippen LogP contribution in [0.25, 0.3) is 16.6 Å². The van der Waals surface area contributed by atoms with Crippen LogP contribution in [0.15, 0.2) is 83.7 Å². The second-order valence-corrected chi connectivity index (χ2v) is 9.58. The number of aromatic nitrogens is 2. The molecule has 4 aromatic rings. The van der Waals surface area contributed by atoms with Gasteiger partial charge in [0.25, 0.3) is 5.56 Å². The second-order valence-electron chi connectivity index (χ2n) is 9.58. The monoisotopic (exact) mass is 495 g/mol. The molecule has 0 spiro atoms. The molecule has 2 unspecified atom stereocenters. The Hall–Kier alpha value is -3.73. The van der Waals surface area contributed by atoms with Crippen molar-refractivity contribution >= 4 is 16.8 Å². The number of hydrogen-bond donors (Lipinski definition) is 0. The number of benzene rings is 3. The summed E-state index contributed by atoms with van der Waals surface area (Å²) >= 11 is 0. The zero-order valence-corrected chi connectivity index (χ0v) is 22.4. The molecular weight excluding hydrogens is 458 g/mol. The smallest absolute Gasteiger partial charge is 0.266 e. The minimum absolute atomic E-state index is 0.0740. The Balaban J connectivity index is 1.86. The van der Waals surface area contributed by atoms with Crippen molar-refractivity contribution in [1.29, 1.82) is 0 Å². The molecule has 0 saturated carbocycles. The van der Waals surface area contributed by atoms with Gasteiger partial charge in [0.15, 0.2) is 0 Å². The lowest BCUT2D eigenvalue weighted by molar-refractivity contribution is -0.135. The van der Waals surface area contributed by atoms with E-state index in [0.717, 1.165) is 30.5 Å². The number of aryl methyl sites for hydroxylation is 1. The van der Waals surface area contributed by atoms with Crippen LogP contribution in [0.2, 0.25) is 0 Å². The van der Waals surface area contributed by atoms with Gasteiger partial charge in [-0.2, -0.15) is 0 Å². The van der Waals surface area contributed by atoms with E-state index in [4.69, 9.17) is 4.98 Å². The molecule has 192 valence electrons. The molecule has 1 amide bonds. The first-order valence-electron chi connectivity index (χ1n) is 13.5. The third-order valence-corrected chi connectivity index (χ3v) is 7.19. The number of amides is 1. The lowest BCUT2D eigenvalue weighted by Gasteiger charge is -2.33. The summed E-state index contributed by atoms with van der Waals surface area (Å²) in [6, 6.07) is 25.1. The van der Waals surface area contributed by atoms with Crippen LogP contribution in [-0.2, 0) is 11.2 Å². The van der Waals surface area contributed by atoms with E-state index in [-0.39, 0.29) is 23.4 Å². The van der Waals surface area contributed by atoms with Crippen molar-refractivity contribution in [1.82, 2.24) is 14.5 Å². The van der Waals surface area contributed by atoms with Crippen LogP contribution >= 0.6 is 0 Å². The molecule has 0 N–H and O–H groups in total. The van der Waals surface area contributed by atoms with Gasteiger partial charge in [0.05, 0.1) is 28.6 Å². The average Bonchev–Trinajstić information content (AvgIpc) is 2.94. The van der Waals surface area contributed by atoms with E-state index in [1.54, 1.807) is 4.57 Å². The molecule has 5 nitrogen and oxygen atoms in total. The van der Waals surface area contributed by atoms with E-state index < -0.39 is 0 Å². The van der Waals surface area contributed by atoms with Gasteiger partial charge in [0, 0.05) is 6.54 Å². The first kappa shape index (κ1) is 26.3.